The highest BCUT2D eigenvalue weighted by Gasteiger charge is 2.49. The molecule has 2 atom stereocenters. The Morgan fingerprint density at radius 1 is 1.42 bits per heavy atom. The zero-order chi connectivity index (χ0) is 17.0. The molecular weight excluding hydrogens is 328 g/mol. The van der Waals surface area contributed by atoms with Crippen LogP contribution in [-0.4, -0.2) is 39.3 Å². The third-order valence-electron chi connectivity index (χ3n) is 5.23. The Morgan fingerprint density at radius 3 is 3.08 bits per heavy atom. The number of carbonyl (C=O) groups excluding carboxylic acids is 1. The van der Waals surface area contributed by atoms with Crippen LogP contribution in [0.5, 0.6) is 5.75 Å². The van der Waals surface area contributed by atoms with Gasteiger partial charge in [0.05, 0.1) is 17.0 Å². The van der Waals surface area contributed by atoms with Crippen LogP contribution in [-0.2, 0) is 9.53 Å². The van der Waals surface area contributed by atoms with Crippen LogP contribution in [0.2, 0.25) is 5.02 Å². The molecule has 132 valence electrons. The molecule has 2 fully saturated rings. The van der Waals surface area contributed by atoms with Gasteiger partial charge in [-0.25, -0.2) is 0 Å². The van der Waals surface area contributed by atoms with Crippen molar-refractivity contribution < 1.29 is 14.3 Å². The molecule has 3 rings (SSSR count). The molecule has 2 aliphatic rings. The average Bonchev–Trinajstić information content (AvgIpc) is 3.02. The van der Waals surface area contributed by atoms with Crippen molar-refractivity contribution in [1.82, 2.24) is 5.32 Å². The van der Waals surface area contributed by atoms with Crippen molar-refractivity contribution in [3.05, 3.63) is 23.2 Å². The highest BCUT2D eigenvalue weighted by atomic mass is 35.5. The van der Waals surface area contributed by atoms with E-state index < -0.39 is 0 Å². The Bertz CT molecular complexity index is 596. The summed E-state index contributed by atoms with van der Waals surface area (Å²) in [6.45, 7) is 2.67. The molecule has 0 bridgehead atoms. The average molecular weight is 353 g/mol. The fourth-order valence-electron chi connectivity index (χ4n) is 3.88. The maximum absolute atomic E-state index is 12.9. The van der Waals surface area contributed by atoms with Gasteiger partial charge in [0.1, 0.15) is 12.4 Å². The van der Waals surface area contributed by atoms with Gasteiger partial charge in [0.2, 0.25) is 5.91 Å². The number of amides is 1. The number of hydrogen-bond donors (Lipinski definition) is 2. The van der Waals surface area contributed by atoms with Crippen LogP contribution in [0.4, 0.5) is 5.69 Å². The van der Waals surface area contributed by atoms with E-state index in [0.29, 0.717) is 29.9 Å². The molecule has 1 heterocycles. The summed E-state index contributed by atoms with van der Waals surface area (Å²) in [5.74, 6) is 1.16. The molecule has 6 heteroatoms. The standard InChI is InChI=1S/C18H25ClN2O3/c1-23-8-9-24-16-6-5-14(10-15(16)19)21-17(22)18-7-3-2-4-13(18)11-20-12-18/h5-6,10,13,20H,2-4,7-9,11-12H2,1H3,(H,21,22)/t13-,18+/m0/s1. The second kappa shape index (κ2) is 7.72. The zero-order valence-corrected chi connectivity index (χ0v) is 14.8. The summed E-state index contributed by atoms with van der Waals surface area (Å²) in [7, 11) is 1.62. The number of methoxy groups -OCH3 is 1. The van der Waals surface area contributed by atoms with Crippen LogP contribution >= 0.6 is 11.6 Å². The topological polar surface area (TPSA) is 59.6 Å². The van der Waals surface area contributed by atoms with E-state index in [2.05, 4.69) is 10.6 Å². The monoisotopic (exact) mass is 352 g/mol. The number of carbonyl (C=O) groups is 1. The third kappa shape index (κ3) is 3.53. The molecule has 1 amide bonds. The van der Waals surface area contributed by atoms with Crippen molar-refractivity contribution in [3.8, 4) is 5.75 Å². The van der Waals surface area contributed by atoms with Crippen LogP contribution in [0, 0.1) is 11.3 Å². The van der Waals surface area contributed by atoms with Gasteiger partial charge in [-0.15, -0.1) is 0 Å². The second-order valence-corrected chi connectivity index (χ2v) is 7.08. The highest BCUT2D eigenvalue weighted by Crippen LogP contribution is 2.44. The molecule has 1 saturated carbocycles. The van der Waals surface area contributed by atoms with Crippen molar-refractivity contribution in [2.75, 3.05) is 38.7 Å². The first-order valence-corrected chi connectivity index (χ1v) is 8.97. The van der Waals surface area contributed by atoms with Gasteiger partial charge in [0.25, 0.3) is 0 Å². The van der Waals surface area contributed by atoms with Gasteiger partial charge < -0.3 is 20.1 Å². The maximum Gasteiger partial charge on any atom is 0.232 e. The summed E-state index contributed by atoms with van der Waals surface area (Å²) in [6, 6.07) is 5.37. The van der Waals surface area contributed by atoms with Gasteiger partial charge in [-0.2, -0.15) is 0 Å². The Labute approximate surface area is 148 Å². The number of benzene rings is 1. The van der Waals surface area contributed by atoms with Crippen LogP contribution < -0.4 is 15.4 Å². The van der Waals surface area contributed by atoms with E-state index in [1.807, 2.05) is 6.07 Å². The smallest absolute Gasteiger partial charge is 0.232 e. The number of fused-ring (bicyclic) bond motifs is 1. The molecular formula is C18H25ClN2O3. The van der Waals surface area contributed by atoms with Crippen molar-refractivity contribution in [3.63, 3.8) is 0 Å². The van der Waals surface area contributed by atoms with E-state index in [9.17, 15) is 4.79 Å². The van der Waals surface area contributed by atoms with E-state index in [-0.39, 0.29) is 11.3 Å². The summed E-state index contributed by atoms with van der Waals surface area (Å²) < 4.78 is 10.5. The minimum atomic E-state index is -0.266. The molecule has 24 heavy (non-hydrogen) atoms. The zero-order valence-electron chi connectivity index (χ0n) is 14.1. The van der Waals surface area contributed by atoms with Gasteiger partial charge in [-0.3, -0.25) is 4.79 Å². The van der Waals surface area contributed by atoms with Crippen LogP contribution in [0.3, 0.4) is 0 Å². The lowest BCUT2D eigenvalue weighted by molar-refractivity contribution is -0.128. The Balaban J connectivity index is 1.67. The number of nitrogens with one attached hydrogen (secondary N) is 2. The van der Waals surface area contributed by atoms with Crippen LogP contribution in [0.1, 0.15) is 25.7 Å². The predicted molar refractivity (Wildman–Crippen MR) is 94.7 cm³/mol. The number of anilines is 1. The van der Waals surface area contributed by atoms with E-state index in [1.165, 1.54) is 6.42 Å². The van der Waals surface area contributed by atoms with Gasteiger partial charge in [-0.05, 0) is 43.5 Å². The molecule has 5 nitrogen and oxygen atoms in total. The minimum Gasteiger partial charge on any atom is -0.490 e. The van der Waals surface area contributed by atoms with E-state index in [0.717, 1.165) is 38.0 Å². The number of ether oxygens (including phenoxy) is 2. The van der Waals surface area contributed by atoms with E-state index in [1.54, 1.807) is 19.2 Å². The first-order chi connectivity index (χ1) is 11.7. The quantitative estimate of drug-likeness (QED) is 0.772. The maximum atomic E-state index is 12.9. The molecule has 1 saturated heterocycles. The van der Waals surface area contributed by atoms with Crippen molar-refractivity contribution >= 4 is 23.2 Å². The summed E-state index contributed by atoms with van der Waals surface area (Å²) in [6.07, 6.45) is 4.44. The van der Waals surface area contributed by atoms with E-state index in [4.69, 9.17) is 21.1 Å². The first kappa shape index (κ1) is 17.5. The van der Waals surface area contributed by atoms with Gasteiger partial charge in [0, 0.05) is 19.3 Å². The third-order valence-corrected chi connectivity index (χ3v) is 5.52. The van der Waals surface area contributed by atoms with Crippen LogP contribution in [0.15, 0.2) is 18.2 Å². The number of rotatable bonds is 6. The van der Waals surface area contributed by atoms with Gasteiger partial charge in [0.15, 0.2) is 0 Å². The fourth-order valence-corrected chi connectivity index (χ4v) is 4.11. The Kier molecular flexibility index (Phi) is 5.64. The lowest BCUT2D eigenvalue weighted by Crippen LogP contribution is -2.44. The van der Waals surface area contributed by atoms with Crippen molar-refractivity contribution in [2.45, 2.75) is 25.7 Å². The van der Waals surface area contributed by atoms with Crippen molar-refractivity contribution in [1.29, 1.82) is 0 Å². The summed E-state index contributed by atoms with van der Waals surface area (Å²) in [5, 5.41) is 6.96. The Morgan fingerprint density at radius 2 is 2.29 bits per heavy atom. The second-order valence-electron chi connectivity index (χ2n) is 6.67. The molecule has 0 aromatic heterocycles. The molecule has 1 aliphatic carbocycles. The molecule has 0 unspecified atom stereocenters. The molecule has 0 spiro atoms. The van der Waals surface area contributed by atoms with Gasteiger partial charge in [-0.1, -0.05) is 24.4 Å². The first-order valence-electron chi connectivity index (χ1n) is 8.59. The van der Waals surface area contributed by atoms with E-state index >= 15 is 0 Å². The Hall–Kier alpha value is -1.30. The largest absolute Gasteiger partial charge is 0.490 e. The number of hydrogen-bond acceptors (Lipinski definition) is 4. The minimum absolute atomic E-state index is 0.112. The molecule has 1 aromatic carbocycles. The molecule has 1 aliphatic heterocycles. The fraction of sp³-hybridized carbons (Fsp3) is 0.611. The summed E-state index contributed by atoms with van der Waals surface area (Å²) in [4.78, 5) is 12.9. The highest BCUT2D eigenvalue weighted by molar-refractivity contribution is 6.32. The summed E-state index contributed by atoms with van der Waals surface area (Å²) in [5.41, 5.74) is 0.452. The predicted octanol–water partition coefficient (Wildman–Crippen LogP) is 3.08. The van der Waals surface area contributed by atoms with Crippen LogP contribution in [0.25, 0.3) is 0 Å². The normalized spacial score (nSPS) is 26.0. The van der Waals surface area contributed by atoms with Crippen molar-refractivity contribution in [2.24, 2.45) is 11.3 Å². The number of halogens is 1. The SMILES string of the molecule is COCCOc1ccc(NC(=O)[C@@]23CCCC[C@H]2CNC3)cc1Cl. The molecule has 0 radical (unpaired) electrons. The lowest BCUT2D eigenvalue weighted by atomic mass is 9.67. The summed E-state index contributed by atoms with van der Waals surface area (Å²) >= 11 is 6.26. The molecule has 1 aromatic rings. The lowest BCUT2D eigenvalue weighted by Gasteiger charge is -2.37. The van der Waals surface area contributed by atoms with Gasteiger partial charge >= 0.3 is 0 Å². The molecule has 2 N–H and O–H groups in total.